The van der Waals surface area contributed by atoms with Gasteiger partial charge in [-0.1, -0.05) is 30.6 Å². The number of carbonyl (C=O) groups excluding carboxylic acids is 1. The minimum atomic E-state index is -0.252. The van der Waals surface area contributed by atoms with Crippen LogP contribution in [0, 0.1) is 0 Å². The monoisotopic (exact) mass is 364 g/mol. The van der Waals surface area contributed by atoms with E-state index in [1.165, 1.54) is 43.4 Å². The normalized spacial score (nSPS) is 15.2. The van der Waals surface area contributed by atoms with Crippen molar-refractivity contribution >= 4 is 22.5 Å². The topological polar surface area (TPSA) is 89.3 Å². The van der Waals surface area contributed by atoms with Crippen molar-refractivity contribution in [3.05, 3.63) is 29.2 Å². The van der Waals surface area contributed by atoms with Gasteiger partial charge in [-0.15, -0.1) is 10.2 Å². The summed E-state index contributed by atoms with van der Waals surface area (Å²) in [5.74, 6) is 1.31. The Hall–Kier alpha value is -1.93. The van der Waals surface area contributed by atoms with Crippen LogP contribution < -0.4 is 10.6 Å². The van der Waals surface area contributed by atoms with Crippen LogP contribution >= 0.6 is 11.3 Å². The predicted molar refractivity (Wildman–Crippen MR) is 95.7 cm³/mol. The molecule has 3 rings (SSSR count). The highest BCUT2D eigenvalue weighted by Crippen LogP contribution is 2.35. The van der Waals surface area contributed by atoms with Crippen molar-refractivity contribution in [2.75, 3.05) is 18.5 Å². The van der Waals surface area contributed by atoms with E-state index in [0.717, 1.165) is 17.2 Å². The number of rotatable bonds is 8. The van der Waals surface area contributed by atoms with Crippen molar-refractivity contribution in [3.8, 4) is 0 Å². The van der Waals surface area contributed by atoms with E-state index in [-0.39, 0.29) is 6.03 Å². The molecular formula is C17H24N4O3S. The van der Waals surface area contributed by atoms with Crippen LogP contribution in [0.1, 0.15) is 55.2 Å². The number of urea groups is 1. The highest BCUT2D eigenvalue weighted by atomic mass is 32.1. The lowest BCUT2D eigenvalue weighted by Crippen LogP contribution is -2.30. The summed E-state index contributed by atoms with van der Waals surface area (Å²) in [6.07, 6.45) is 8.55. The Morgan fingerprint density at radius 2 is 2.20 bits per heavy atom. The van der Waals surface area contributed by atoms with Crippen LogP contribution in [-0.4, -0.2) is 29.4 Å². The van der Waals surface area contributed by atoms with Gasteiger partial charge in [-0.3, -0.25) is 5.32 Å². The van der Waals surface area contributed by atoms with Crippen LogP contribution in [0.25, 0.3) is 0 Å². The smallest absolute Gasteiger partial charge is 0.321 e. The van der Waals surface area contributed by atoms with Crippen LogP contribution in [-0.2, 0) is 11.3 Å². The maximum Gasteiger partial charge on any atom is 0.321 e. The molecule has 136 valence electrons. The quantitative estimate of drug-likeness (QED) is 0.693. The number of furan rings is 1. The molecule has 0 radical (unpaired) electrons. The molecule has 2 aromatic heterocycles. The largest absolute Gasteiger partial charge is 0.467 e. The van der Waals surface area contributed by atoms with Gasteiger partial charge in [0.2, 0.25) is 5.13 Å². The molecule has 0 aliphatic heterocycles. The number of ether oxygens (including phenoxy) is 1. The minimum Gasteiger partial charge on any atom is -0.467 e. The lowest BCUT2D eigenvalue weighted by Gasteiger charge is -2.18. The van der Waals surface area contributed by atoms with Crippen molar-refractivity contribution in [1.82, 2.24) is 15.5 Å². The Kier molecular flexibility index (Phi) is 6.81. The van der Waals surface area contributed by atoms with Crippen molar-refractivity contribution in [1.29, 1.82) is 0 Å². The Balaban J connectivity index is 1.29. The first-order chi connectivity index (χ1) is 12.3. The maximum atomic E-state index is 11.9. The summed E-state index contributed by atoms with van der Waals surface area (Å²) in [5, 5.41) is 15.5. The molecule has 0 aromatic carbocycles. The fourth-order valence-corrected chi connectivity index (χ4v) is 3.79. The molecule has 1 saturated carbocycles. The summed E-state index contributed by atoms with van der Waals surface area (Å²) >= 11 is 1.48. The lowest BCUT2D eigenvalue weighted by molar-refractivity contribution is 0.104. The number of carbonyl (C=O) groups is 1. The molecule has 0 atom stereocenters. The van der Waals surface area contributed by atoms with E-state index in [2.05, 4.69) is 20.8 Å². The molecule has 2 aromatic rings. The average Bonchev–Trinajstić information content (AvgIpc) is 3.31. The molecule has 1 fully saturated rings. The van der Waals surface area contributed by atoms with E-state index in [1.54, 1.807) is 6.26 Å². The zero-order chi connectivity index (χ0) is 17.3. The number of aromatic nitrogens is 2. The molecule has 8 heteroatoms. The molecule has 2 amide bonds. The Bertz CT molecular complexity index is 638. The van der Waals surface area contributed by atoms with Crippen LogP contribution in [0.2, 0.25) is 0 Å². The first kappa shape index (κ1) is 17.9. The van der Waals surface area contributed by atoms with Gasteiger partial charge in [0.25, 0.3) is 0 Å². The molecule has 25 heavy (non-hydrogen) atoms. The first-order valence-corrected chi connectivity index (χ1v) is 9.61. The first-order valence-electron chi connectivity index (χ1n) is 8.79. The SMILES string of the molecule is O=C(NCCCOCc1ccco1)Nc1nnc(C2CCCCC2)s1. The van der Waals surface area contributed by atoms with Gasteiger partial charge in [0.15, 0.2) is 0 Å². The molecular weight excluding hydrogens is 340 g/mol. The summed E-state index contributed by atoms with van der Waals surface area (Å²) in [6, 6.07) is 3.45. The number of nitrogens with one attached hydrogen (secondary N) is 2. The molecule has 2 heterocycles. The molecule has 0 saturated heterocycles. The third-order valence-corrected chi connectivity index (χ3v) is 5.19. The Morgan fingerprint density at radius 1 is 1.32 bits per heavy atom. The maximum absolute atomic E-state index is 11.9. The van der Waals surface area contributed by atoms with Gasteiger partial charge in [0.1, 0.15) is 17.4 Å². The number of amides is 2. The summed E-state index contributed by atoms with van der Waals surface area (Å²) in [7, 11) is 0. The average molecular weight is 364 g/mol. The summed E-state index contributed by atoms with van der Waals surface area (Å²) in [5.41, 5.74) is 0. The van der Waals surface area contributed by atoms with Gasteiger partial charge in [-0.25, -0.2) is 4.79 Å². The summed E-state index contributed by atoms with van der Waals surface area (Å²) in [6.45, 7) is 1.55. The van der Waals surface area contributed by atoms with Gasteiger partial charge in [-0.05, 0) is 31.4 Å². The van der Waals surface area contributed by atoms with Crippen molar-refractivity contribution in [3.63, 3.8) is 0 Å². The number of anilines is 1. The number of hydrogen-bond donors (Lipinski definition) is 2. The molecule has 0 spiro atoms. The van der Waals surface area contributed by atoms with E-state index < -0.39 is 0 Å². The predicted octanol–water partition coefficient (Wildman–Crippen LogP) is 3.91. The van der Waals surface area contributed by atoms with Gasteiger partial charge in [0.05, 0.1) is 6.26 Å². The Labute approximate surface area is 151 Å². The molecule has 7 nitrogen and oxygen atoms in total. The van der Waals surface area contributed by atoms with E-state index in [1.807, 2.05) is 12.1 Å². The van der Waals surface area contributed by atoms with Crippen molar-refractivity contribution in [2.24, 2.45) is 0 Å². The second-order valence-electron chi connectivity index (χ2n) is 6.15. The Morgan fingerprint density at radius 3 is 3.00 bits per heavy atom. The van der Waals surface area contributed by atoms with Crippen LogP contribution in [0.15, 0.2) is 22.8 Å². The van der Waals surface area contributed by atoms with Crippen LogP contribution in [0.5, 0.6) is 0 Å². The number of hydrogen-bond acceptors (Lipinski definition) is 6. The van der Waals surface area contributed by atoms with E-state index in [0.29, 0.717) is 30.8 Å². The molecule has 1 aliphatic rings. The van der Waals surface area contributed by atoms with Crippen molar-refractivity contribution in [2.45, 2.75) is 51.0 Å². The van der Waals surface area contributed by atoms with Gasteiger partial charge in [-0.2, -0.15) is 0 Å². The third-order valence-electron chi connectivity index (χ3n) is 4.19. The minimum absolute atomic E-state index is 0.252. The van der Waals surface area contributed by atoms with Gasteiger partial charge < -0.3 is 14.5 Å². The second-order valence-corrected chi connectivity index (χ2v) is 7.16. The van der Waals surface area contributed by atoms with E-state index in [9.17, 15) is 4.79 Å². The highest BCUT2D eigenvalue weighted by Gasteiger charge is 2.20. The zero-order valence-electron chi connectivity index (χ0n) is 14.2. The highest BCUT2D eigenvalue weighted by molar-refractivity contribution is 7.15. The third kappa shape index (κ3) is 5.82. The van der Waals surface area contributed by atoms with Crippen molar-refractivity contribution < 1.29 is 13.9 Å². The standard InChI is InChI=1S/C17H24N4O3S/c22-16(18-9-5-10-23-12-14-8-4-11-24-14)19-17-21-20-15(25-17)13-6-2-1-3-7-13/h4,8,11,13H,1-3,5-7,9-10,12H2,(H2,18,19,21,22). The molecule has 1 aliphatic carbocycles. The van der Waals surface area contributed by atoms with Gasteiger partial charge >= 0.3 is 6.03 Å². The molecule has 0 bridgehead atoms. The molecule has 2 N–H and O–H groups in total. The molecule has 0 unspecified atom stereocenters. The zero-order valence-corrected chi connectivity index (χ0v) is 15.0. The summed E-state index contributed by atoms with van der Waals surface area (Å²) in [4.78, 5) is 11.9. The van der Waals surface area contributed by atoms with Crippen LogP contribution in [0.3, 0.4) is 0 Å². The van der Waals surface area contributed by atoms with E-state index >= 15 is 0 Å². The lowest BCUT2D eigenvalue weighted by atomic mass is 9.90. The van der Waals surface area contributed by atoms with Gasteiger partial charge in [0, 0.05) is 19.1 Å². The fourth-order valence-electron chi connectivity index (χ4n) is 2.88. The summed E-state index contributed by atoms with van der Waals surface area (Å²) < 4.78 is 10.6. The second kappa shape index (κ2) is 9.53. The van der Waals surface area contributed by atoms with Crippen LogP contribution in [0.4, 0.5) is 9.93 Å². The van der Waals surface area contributed by atoms with E-state index in [4.69, 9.17) is 9.15 Å². The fraction of sp³-hybridized carbons (Fsp3) is 0.588. The number of nitrogens with zero attached hydrogens (tertiary/aromatic N) is 2.